The molecule has 2 atom stereocenters. The summed E-state index contributed by atoms with van der Waals surface area (Å²) in [6.07, 6.45) is -0.289. The number of aromatic nitrogens is 1. The van der Waals surface area contributed by atoms with Crippen LogP contribution in [-0.2, 0) is 0 Å². The van der Waals surface area contributed by atoms with Crippen LogP contribution in [0.25, 0.3) is 0 Å². The smallest absolute Gasteiger partial charge is 0.407 e. The molecule has 6 nitrogen and oxygen atoms in total. The van der Waals surface area contributed by atoms with Crippen LogP contribution in [0.5, 0.6) is 0 Å². The highest BCUT2D eigenvalue weighted by Gasteiger charge is 2.36. The zero-order chi connectivity index (χ0) is 16.6. The normalized spacial score (nSPS) is 21.4. The summed E-state index contributed by atoms with van der Waals surface area (Å²) >= 11 is 5.76. The first kappa shape index (κ1) is 15.6. The maximum Gasteiger partial charge on any atom is 0.407 e. The molecule has 1 amide bonds. The van der Waals surface area contributed by atoms with E-state index in [1.807, 2.05) is 0 Å². The fraction of sp³-hybridized carbons (Fsp3) is 0.333. The van der Waals surface area contributed by atoms with Crippen molar-refractivity contribution in [2.24, 2.45) is 0 Å². The Balaban J connectivity index is 1.94. The highest BCUT2D eigenvalue weighted by molar-refractivity contribution is 6.30. The van der Waals surface area contributed by atoms with Crippen LogP contribution >= 0.6 is 11.6 Å². The number of benzene rings is 1. The number of H-pyrrole nitrogens is 1. The summed E-state index contributed by atoms with van der Waals surface area (Å²) in [6, 6.07) is 4.87. The van der Waals surface area contributed by atoms with Gasteiger partial charge < -0.3 is 14.5 Å². The van der Waals surface area contributed by atoms with E-state index in [1.54, 1.807) is 0 Å². The lowest BCUT2D eigenvalue weighted by molar-refractivity contribution is 0.0955. The molecular formula is C15H14ClFN2O4. The van der Waals surface area contributed by atoms with Gasteiger partial charge in [-0.15, -0.1) is 0 Å². The first-order chi connectivity index (χ1) is 11.0. The van der Waals surface area contributed by atoms with Crippen LogP contribution in [0.15, 0.2) is 33.6 Å². The van der Waals surface area contributed by atoms with Crippen LogP contribution in [0.2, 0.25) is 5.02 Å². The van der Waals surface area contributed by atoms with E-state index in [2.05, 4.69) is 5.16 Å². The van der Waals surface area contributed by atoms with Gasteiger partial charge in [0.15, 0.2) is 0 Å². The summed E-state index contributed by atoms with van der Waals surface area (Å²) < 4.78 is 19.3. The van der Waals surface area contributed by atoms with E-state index >= 15 is 0 Å². The van der Waals surface area contributed by atoms with Gasteiger partial charge in [0, 0.05) is 29.1 Å². The van der Waals surface area contributed by atoms with Crippen LogP contribution in [0, 0.1) is 5.82 Å². The number of amides is 1. The van der Waals surface area contributed by atoms with Gasteiger partial charge in [-0.25, -0.2) is 9.18 Å². The molecule has 0 radical (unpaired) electrons. The fourth-order valence-electron chi connectivity index (χ4n) is 3.02. The number of halogens is 2. The maximum atomic E-state index is 14.2. The number of likely N-dealkylation sites (tertiary alicyclic amines) is 1. The van der Waals surface area contributed by atoms with Crippen LogP contribution in [0.4, 0.5) is 9.18 Å². The van der Waals surface area contributed by atoms with Crippen LogP contribution in [0.3, 0.4) is 0 Å². The highest BCUT2D eigenvalue weighted by atomic mass is 35.5. The van der Waals surface area contributed by atoms with E-state index in [4.69, 9.17) is 16.1 Å². The number of aromatic amines is 1. The summed E-state index contributed by atoms with van der Waals surface area (Å²) in [7, 11) is 0. The Labute approximate surface area is 135 Å². The number of carbonyl (C=O) groups is 1. The quantitative estimate of drug-likeness (QED) is 0.877. The topological polar surface area (TPSA) is 86.5 Å². The maximum absolute atomic E-state index is 14.2. The van der Waals surface area contributed by atoms with Crippen molar-refractivity contribution in [2.75, 3.05) is 6.54 Å². The van der Waals surface area contributed by atoms with Crippen molar-refractivity contribution in [2.45, 2.75) is 24.8 Å². The number of hydrogen-bond donors (Lipinski definition) is 2. The third-order valence-electron chi connectivity index (χ3n) is 4.11. The summed E-state index contributed by atoms with van der Waals surface area (Å²) in [5.41, 5.74) is -0.0886. The monoisotopic (exact) mass is 340 g/mol. The van der Waals surface area contributed by atoms with Crippen molar-refractivity contribution < 1.29 is 18.8 Å². The molecule has 2 heterocycles. The zero-order valence-electron chi connectivity index (χ0n) is 12.0. The third kappa shape index (κ3) is 3.10. The van der Waals surface area contributed by atoms with Crippen molar-refractivity contribution in [3.05, 3.63) is 56.8 Å². The van der Waals surface area contributed by atoms with Gasteiger partial charge in [-0.2, -0.15) is 5.16 Å². The number of piperidine rings is 1. The Morgan fingerprint density at radius 1 is 1.43 bits per heavy atom. The first-order valence-corrected chi connectivity index (χ1v) is 7.46. The molecule has 0 bridgehead atoms. The summed E-state index contributed by atoms with van der Waals surface area (Å²) in [5, 5.41) is 11.8. The zero-order valence-corrected chi connectivity index (χ0v) is 12.7. The second-order valence-corrected chi connectivity index (χ2v) is 5.93. The second-order valence-electron chi connectivity index (χ2n) is 5.49. The predicted octanol–water partition coefficient (Wildman–Crippen LogP) is 3.36. The average Bonchev–Trinajstić information content (AvgIpc) is 2.93. The van der Waals surface area contributed by atoms with Gasteiger partial charge in [-0.05, 0) is 25.0 Å². The van der Waals surface area contributed by atoms with E-state index in [0.717, 1.165) is 6.07 Å². The molecule has 1 aliphatic rings. The SMILES string of the molecule is O=C(O)N1CC[C@@H](c2cc(=O)[nH]o2)C[C@@H]1c1ccc(Cl)cc1F. The molecule has 8 heteroatoms. The molecule has 0 unspecified atom stereocenters. The summed E-state index contributed by atoms with van der Waals surface area (Å²) in [5.74, 6) is -0.256. The molecular weight excluding hydrogens is 327 g/mol. The minimum atomic E-state index is -1.11. The highest BCUT2D eigenvalue weighted by Crippen LogP contribution is 2.40. The number of carboxylic acid groups (broad SMARTS) is 1. The van der Waals surface area contributed by atoms with Gasteiger partial charge in [-0.3, -0.25) is 4.79 Å². The number of nitrogens with one attached hydrogen (secondary N) is 1. The Hall–Kier alpha value is -2.28. The lowest BCUT2D eigenvalue weighted by atomic mass is 9.85. The average molecular weight is 341 g/mol. The fourth-order valence-corrected chi connectivity index (χ4v) is 3.18. The van der Waals surface area contributed by atoms with Crippen molar-refractivity contribution >= 4 is 17.7 Å². The largest absolute Gasteiger partial charge is 0.465 e. The lowest BCUT2D eigenvalue weighted by Gasteiger charge is -2.37. The third-order valence-corrected chi connectivity index (χ3v) is 4.35. The van der Waals surface area contributed by atoms with Crippen LogP contribution < -0.4 is 5.56 Å². The molecule has 122 valence electrons. The molecule has 0 aliphatic carbocycles. The van der Waals surface area contributed by atoms with Gasteiger partial charge in [0.05, 0.1) is 6.04 Å². The number of rotatable bonds is 2. The van der Waals surface area contributed by atoms with Crippen molar-refractivity contribution in [3.63, 3.8) is 0 Å². The molecule has 1 aromatic carbocycles. The van der Waals surface area contributed by atoms with Crippen molar-refractivity contribution in [1.29, 1.82) is 0 Å². The minimum Gasteiger partial charge on any atom is -0.465 e. The Bertz CT molecular complexity index is 788. The molecule has 23 heavy (non-hydrogen) atoms. The van der Waals surface area contributed by atoms with Crippen LogP contribution in [0.1, 0.15) is 36.1 Å². The van der Waals surface area contributed by atoms with Crippen LogP contribution in [-0.4, -0.2) is 27.8 Å². The number of hydrogen-bond acceptors (Lipinski definition) is 3. The molecule has 0 saturated carbocycles. The minimum absolute atomic E-state index is 0.162. The molecule has 0 spiro atoms. The van der Waals surface area contributed by atoms with E-state index < -0.39 is 18.0 Å². The molecule has 3 rings (SSSR count). The molecule has 1 aliphatic heterocycles. The van der Waals surface area contributed by atoms with Gasteiger partial charge in [0.25, 0.3) is 5.56 Å². The van der Waals surface area contributed by atoms with Gasteiger partial charge in [0.1, 0.15) is 11.6 Å². The van der Waals surface area contributed by atoms with E-state index in [9.17, 15) is 19.1 Å². The molecule has 1 saturated heterocycles. The lowest BCUT2D eigenvalue weighted by Crippen LogP contribution is -2.40. The predicted molar refractivity (Wildman–Crippen MR) is 80.2 cm³/mol. The molecule has 1 fully saturated rings. The molecule has 2 aromatic rings. The van der Waals surface area contributed by atoms with Gasteiger partial charge in [0.2, 0.25) is 0 Å². The van der Waals surface area contributed by atoms with Crippen molar-refractivity contribution in [3.8, 4) is 0 Å². The summed E-state index contributed by atoms with van der Waals surface area (Å²) in [4.78, 5) is 23.9. The summed E-state index contributed by atoms with van der Waals surface area (Å²) in [6.45, 7) is 0.224. The number of nitrogens with zero attached hydrogens (tertiary/aromatic N) is 1. The van der Waals surface area contributed by atoms with Gasteiger partial charge >= 0.3 is 6.09 Å². The molecule has 1 aromatic heterocycles. The Kier molecular flexibility index (Phi) is 4.12. The Morgan fingerprint density at radius 3 is 2.83 bits per heavy atom. The second kappa shape index (κ2) is 6.08. The van der Waals surface area contributed by atoms with E-state index in [-0.39, 0.29) is 28.6 Å². The Morgan fingerprint density at radius 2 is 2.22 bits per heavy atom. The van der Waals surface area contributed by atoms with Gasteiger partial charge in [-0.1, -0.05) is 17.7 Å². The first-order valence-electron chi connectivity index (χ1n) is 7.08. The standard InChI is InChI=1S/C15H14ClFN2O4/c16-9-1-2-10(11(17)6-9)12-5-8(3-4-19(12)15(21)22)13-7-14(20)18-23-13/h1-2,6-8,12H,3-5H2,(H,18,20)(H,21,22)/t8-,12-/m1/s1. The molecule has 2 N–H and O–H groups in total. The van der Waals surface area contributed by atoms with E-state index in [0.29, 0.717) is 18.6 Å². The van der Waals surface area contributed by atoms with Crippen molar-refractivity contribution in [1.82, 2.24) is 10.1 Å². The van der Waals surface area contributed by atoms with E-state index in [1.165, 1.54) is 23.1 Å².